The average Bonchev–Trinajstić information content (AvgIpc) is 2.70. The van der Waals surface area contributed by atoms with Crippen molar-refractivity contribution in [3.05, 3.63) is 12.7 Å². The highest BCUT2D eigenvalue weighted by Crippen LogP contribution is 2.34. The number of rotatable bonds is 5. The molecule has 0 radical (unpaired) electrons. The van der Waals surface area contributed by atoms with Gasteiger partial charge in [-0.3, -0.25) is 0 Å². The molecule has 1 fully saturated rings. The van der Waals surface area contributed by atoms with E-state index in [1.807, 2.05) is 7.05 Å². The Bertz CT molecular complexity index is 118. The fraction of sp³-hybridized carbons (Fsp3) is 0.750. The molecule has 0 aromatic heterocycles. The predicted octanol–water partition coefficient (Wildman–Crippen LogP) is 0.941. The van der Waals surface area contributed by atoms with Crippen molar-refractivity contribution in [1.29, 1.82) is 0 Å². The third-order valence-corrected chi connectivity index (χ3v) is 2.00. The highest BCUT2D eigenvalue weighted by atomic mass is 16.5. The van der Waals surface area contributed by atoms with Crippen molar-refractivity contribution < 1.29 is 4.74 Å². The van der Waals surface area contributed by atoms with Gasteiger partial charge in [0, 0.05) is 5.54 Å². The lowest BCUT2D eigenvalue weighted by Crippen LogP contribution is -2.32. The molecule has 0 aromatic rings. The van der Waals surface area contributed by atoms with Gasteiger partial charge in [-0.05, 0) is 19.9 Å². The van der Waals surface area contributed by atoms with Crippen LogP contribution < -0.4 is 5.32 Å². The van der Waals surface area contributed by atoms with E-state index in [9.17, 15) is 0 Å². The quantitative estimate of drug-likeness (QED) is 0.454. The Morgan fingerprint density at radius 1 is 1.70 bits per heavy atom. The largest absolute Gasteiger partial charge is 0.375 e. The summed E-state index contributed by atoms with van der Waals surface area (Å²) in [4.78, 5) is 0. The normalized spacial score (nSPS) is 20.5. The smallest absolute Gasteiger partial charge is 0.0652 e. The maximum atomic E-state index is 5.32. The van der Waals surface area contributed by atoms with Crippen molar-refractivity contribution in [2.24, 2.45) is 0 Å². The predicted molar refractivity (Wildman–Crippen MR) is 42.0 cm³/mol. The lowest BCUT2D eigenvalue weighted by molar-refractivity contribution is 0.131. The number of nitrogens with one attached hydrogen (secondary N) is 1. The molecule has 10 heavy (non-hydrogen) atoms. The SMILES string of the molecule is C=CCOCC1(NC)CC1. The average molecular weight is 141 g/mol. The summed E-state index contributed by atoms with van der Waals surface area (Å²) in [5.41, 5.74) is 0.322. The van der Waals surface area contributed by atoms with Gasteiger partial charge in [0.1, 0.15) is 0 Å². The van der Waals surface area contributed by atoms with Crippen LogP contribution in [0.3, 0.4) is 0 Å². The first-order valence-electron chi connectivity index (χ1n) is 3.70. The monoisotopic (exact) mass is 141 g/mol. The molecule has 0 amide bonds. The summed E-state index contributed by atoms with van der Waals surface area (Å²) in [6.07, 6.45) is 4.28. The second kappa shape index (κ2) is 3.17. The molecular weight excluding hydrogens is 126 g/mol. The van der Waals surface area contributed by atoms with Gasteiger partial charge < -0.3 is 10.1 Å². The fourth-order valence-corrected chi connectivity index (χ4v) is 0.955. The van der Waals surface area contributed by atoms with Gasteiger partial charge in [0.25, 0.3) is 0 Å². The lowest BCUT2D eigenvalue weighted by Gasteiger charge is -2.12. The molecule has 58 valence electrons. The summed E-state index contributed by atoms with van der Waals surface area (Å²) in [6, 6.07) is 0. The first-order chi connectivity index (χ1) is 4.83. The van der Waals surface area contributed by atoms with E-state index < -0.39 is 0 Å². The van der Waals surface area contributed by atoms with Crippen LogP contribution in [0.1, 0.15) is 12.8 Å². The lowest BCUT2D eigenvalue weighted by atomic mass is 10.3. The summed E-state index contributed by atoms with van der Waals surface area (Å²) in [5, 5.41) is 3.25. The van der Waals surface area contributed by atoms with Gasteiger partial charge in [-0.25, -0.2) is 0 Å². The van der Waals surface area contributed by atoms with Gasteiger partial charge in [-0.2, -0.15) is 0 Å². The van der Waals surface area contributed by atoms with Crippen molar-refractivity contribution in [3.63, 3.8) is 0 Å². The highest BCUT2D eigenvalue weighted by Gasteiger charge is 2.40. The van der Waals surface area contributed by atoms with E-state index >= 15 is 0 Å². The topological polar surface area (TPSA) is 21.3 Å². The number of ether oxygens (including phenoxy) is 1. The zero-order valence-corrected chi connectivity index (χ0v) is 6.52. The van der Waals surface area contributed by atoms with E-state index in [-0.39, 0.29) is 0 Å². The van der Waals surface area contributed by atoms with E-state index in [2.05, 4.69) is 11.9 Å². The third-order valence-electron chi connectivity index (χ3n) is 2.00. The molecule has 1 N–H and O–H groups in total. The molecule has 1 aliphatic rings. The molecule has 0 spiro atoms. The molecular formula is C8H15NO. The molecule has 0 aromatic carbocycles. The van der Waals surface area contributed by atoms with Crippen LogP contribution >= 0.6 is 0 Å². The molecule has 0 saturated heterocycles. The van der Waals surface area contributed by atoms with Crippen LogP contribution in [-0.4, -0.2) is 25.8 Å². The maximum Gasteiger partial charge on any atom is 0.0652 e. The van der Waals surface area contributed by atoms with Crippen molar-refractivity contribution in [1.82, 2.24) is 5.32 Å². The van der Waals surface area contributed by atoms with Crippen molar-refractivity contribution in [2.75, 3.05) is 20.3 Å². The Labute approximate surface area is 62.3 Å². The molecule has 0 atom stereocenters. The summed E-state index contributed by atoms with van der Waals surface area (Å²) < 4.78 is 5.32. The standard InChI is InChI=1S/C8H15NO/c1-3-6-10-7-8(9-2)4-5-8/h3,9H,1,4-7H2,2H3. The Kier molecular flexibility index (Phi) is 2.46. The van der Waals surface area contributed by atoms with Crippen LogP contribution in [0, 0.1) is 0 Å². The van der Waals surface area contributed by atoms with Crippen LogP contribution in [0.15, 0.2) is 12.7 Å². The minimum absolute atomic E-state index is 0.322. The summed E-state index contributed by atoms with van der Waals surface area (Å²) in [5.74, 6) is 0. The molecule has 1 rings (SSSR count). The van der Waals surface area contributed by atoms with Crippen LogP contribution in [0.2, 0.25) is 0 Å². The van der Waals surface area contributed by atoms with Gasteiger partial charge in [-0.15, -0.1) is 6.58 Å². The molecule has 2 nitrogen and oxygen atoms in total. The second-order valence-electron chi connectivity index (χ2n) is 2.83. The summed E-state index contributed by atoms with van der Waals surface area (Å²) in [7, 11) is 1.99. The van der Waals surface area contributed by atoms with Gasteiger partial charge in [-0.1, -0.05) is 6.08 Å². The zero-order chi connectivity index (χ0) is 7.45. The Balaban J connectivity index is 2.06. The summed E-state index contributed by atoms with van der Waals surface area (Å²) in [6.45, 7) is 5.08. The highest BCUT2D eigenvalue weighted by molar-refractivity contribution is 5.00. The van der Waals surface area contributed by atoms with Gasteiger partial charge >= 0.3 is 0 Å². The first-order valence-corrected chi connectivity index (χ1v) is 3.70. The number of likely N-dealkylation sites (N-methyl/N-ethyl adjacent to an activating group) is 1. The molecule has 0 aliphatic heterocycles. The minimum atomic E-state index is 0.322. The van der Waals surface area contributed by atoms with Gasteiger partial charge in [0.05, 0.1) is 13.2 Å². The van der Waals surface area contributed by atoms with E-state index in [0.29, 0.717) is 12.1 Å². The van der Waals surface area contributed by atoms with Crippen LogP contribution in [0.4, 0.5) is 0 Å². The first kappa shape index (κ1) is 7.76. The van der Waals surface area contributed by atoms with Crippen molar-refractivity contribution in [2.45, 2.75) is 18.4 Å². The van der Waals surface area contributed by atoms with E-state index in [1.165, 1.54) is 12.8 Å². The Morgan fingerprint density at radius 3 is 2.80 bits per heavy atom. The van der Waals surface area contributed by atoms with E-state index in [4.69, 9.17) is 4.74 Å². The number of hydrogen-bond donors (Lipinski definition) is 1. The summed E-state index contributed by atoms with van der Waals surface area (Å²) >= 11 is 0. The van der Waals surface area contributed by atoms with Crippen molar-refractivity contribution in [3.8, 4) is 0 Å². The minimum Gasteiger partial charge on any atom is -0.375 e. The molecule has 1 saturated carbocycles. The second-order valence-corrected chi connectivity index (χ2v) is 2.83. The van der Waals surface area contributed by atoms with Crippen LogP contribution in [0.25, 0.3) is 0 Å². The van der Waals surface area contributed by atoms with Gasteiger partial charge in [0.2, 0.25) is 0 Å². The maximum absolute atomic E-state index is 5.32. The Morgan fingerprint density at radius 2 is 2.40 bits per heavy atom. The molecule has 0 bridgehead atoms. The molecule has 0 heterocycles. The number of hydrogen-bond acceptors (Lipinski definition) is 2. The zero-order valence-electron chi connectivity index (χ0n) is 6.52. The fourth-order valence-electron chi connectivity index (χ4n) is 0.955. The van der Waals surface area contributed by atoms with Crippen LogP contribution in [-0.2, 0) is 4.74 Å². The van der Waals surface area contributed by atoms with Gasteiger partial charge in [0.15, 0.2) is 0 Å². The molecule has 2 heteroatoms. The Hall–Kier alpha value is -0.340. The van der Waals surface area contributed by atoms with E-state index in [0.717, 1.165) is 6.61 Å². The van der Waals surface area contributed by atoms with Crippen LogP contribution in [0.5, 0.6) is 0 Å². The molecule has 1 aliphatic carbocycles. The third kappa shape index (κ3) is 1.82. The van der Waals surface area contributed by atoms with Crippen molar-refractivity contribution >= 4 is 0 Å². The van der Waals surface area contributed by atoms with E-state index in [1.54, 1.807) is 6.08 Å². The molecule has 0 unspecified atom stereocenters.